The second-order valence-electron chi connectivity index (χ2n) is 5.24. The number of ether oxygens (including phenoxy) is 1. The average Bonchev–Trinajstić information content (AvgIpc) is 3.06. The van der Waals surface area contributed by atoms with Crippen LogP contribution in [0.3, 0.4) is 0 Å². The molecule has 2 N–H and O–H groups in total. The van der Waals surface area contributed by atoms with E-state index in [-0.39, 0.29) is 0 Å². The van der Waals surface area contributed by atoms with E-state index in [1.165, 1.54) is 18.4 Å². The van der Waals surface area contributed by atoms with Gasteiger partial charge >= 0.3 is 0 Å². The zero-order chi connectivity index (χ0) is 15.1. The molecule has 21 heavy (non-hydrogen) atoms. The largest absolute Gasteiger partial charge is 0.497 e. The molecule has 0 saturated carbocycles. The lowest BCUT2D eigenvalue weighted by Crippen LogP contribution is -2.41. The lowest BCUT2D eigenvalue weighted by molar-refractivity contribution is 0.245. The molecule has 1 aliphatic rings. The number of likely N-dealkylation sites (tertiary alicyclic amines) is 1. The van der Waals surface area contributed by atoms with E-state index in [9.17, 15) is 0 Å². The van der Waals surface area contributed by atoms with Crippen molar-refractivity contribution in [2.45, 2.75) is 18.9 Å². The van der Waals surface area contributed by atoms with Crippen LogP contribution in [0.25, 0.3) is 0 Å². The molecule has 1 aliphatic heterocycles. The lowest BCUT2D eigenvalue weighted by Gasteiger charge is -2.29. The molecule has 1 aromatic rings. The van der Waals surface area contributed by atoms with Crippen molar-refractivity contribution in [3.8, 4) is 5.75 Å². The Morgan fingerprint density at radius 1 is 1.38 bits per heavy atom. The SMILES string of the molecule is CN=C(NC)NCC(c1cccc(OC)c1)N1CCCC1. The Labute approximate surface area is 127 Å². The van der Waals surface area contributed by atoms with Crippen LogP contribution in [0, 0.1) is 0 Å². The van der Waals surface area contributed by atoms with Crippen molar-refractivity contribution in [3.63, 3.8) is 0 Å². The molecule has 0 bridgehead atoms. The van der Waals surface area contributed by atoms with Crippen molar-refractivity contribution in [3.05, 3.63) is 29.8 Å². The average molecular weight is 290 g/mol. The first-order chi connectivity index (χ1) is 10.3. The molecule has 1 fully saturated rings. The minimum Gasteiger partial charge on any atom is -0.497 e. The Balaban J connectivity index is 2.14. The van der Waals surface area contributed by atoms with E-state index in [1.54, 1.807) is 14.2 Å². The third-order valence-corrected chi connectivity index (χ3v) is 3.98. The van der Waals surface area contributed by atoms with Gasteiger partial charge in [0.2, 0.25) is 0 Å². The Hall–Kier alpha value is -1.75. The minimum atomic E-state index is 0.340. The summed E-state index contributed by atoms with van der Waals surface area (Å²) in [6, 6.07) is 8.70. The summed E-state index contributed by atoms with van der Waals surface area (Å²) < 4.78 is 5.36. The molecule has 0 aromatic heterocycles. The van der Waals surface area contributed by atoms with Crippen LogP contribution < -0.4 is 15.4 Å². The van der Waals surface area contributed by atoms with E-state index in [0.29, 0.717) is 6.04 Å². The number of benzene rings is 1. The monoisotopic (exact) mass is 290 g/mol. The zero-order valence-electron chi connectivity index (χ0n) is 13.2. The lowest BCUT2D eigenvalue weighted by atomic mass is 10.1. The van der Waals surface area contributed by atoms with Crippen LogP contribution in [0.4, 0.5) is 0 Å². The number of aliphatic imine (C=N–C) groups is 1. The summed E-state index contributed by atoms with van der Waals surface area (Å²) in [6.45, 7) is 3.14. The first kappa shape index (κ1) is 15.6. The van der Waals surface area contributed by atoms with Crippen LogP contribution in [0.5, 0.6) is 5.75 Å². The van der Waals surface area contributed by atoms with Crippen molar-refractivity contribution in [2.24, 2.45) is 4.99 Å². The summed E-state index contributed by atoms with van der Waals surface area (Å²) in [5, 5.41) is 6.46. The number of nitrogens with zero attached hydrogens (tertiary/aromatic N) is 2. The van der Waals surface area contributed by atoms with Crippen molar-refractivity contribution >= 4 is 5.96 Å². The molecular weight excluding hydrogens is 264 g/mol. The first-order valence-corrected chi connectivity index (χ1v) is 7.55. The van der Waals surface area contributed by atoms with Crippen LogP contribution in [0.15, 0.2) is 29.3 Å². The van der Waals surface area contributed by atoms with Gasteiger partial charge in [-0.15, -0.1) is 0 Å². The maximum Gasteiger partial charge on any atom is 0.190 e. The molecule has 0 spiro atoms. The molecule has 116 valence electrons. The highest BCUT2D eigenvalue weighted by atomic mass is 16.5. The van der Waals surface area contributed by atoms with Crippen LogP contribution in [-0.2, 0) is 0 Å². The number of hydrogen-bond acceptors (Lipinski definition) is 3. The van der Waals surface area contributed by atoms with E-state index in [4.69, 9.17) is 4.74 Å². The summed E-state index contributed by atoms with van der Waals surface area (Å²) in [7, 11) is 5.38. The minimum absolute atomic E-state index is 0.340. The predicted molar refractivity (Wildman–Crippen MR) is 87.0 cm³/mol. The Morgan fingerprint density at radius 3 is 2.76 bits per heavy atom. The number of methoxy groups -OCH3 is 1. The normalized spacial score (nSPS) is 17.6. The van der Waals surface area contributed by atoms with Crippen molar-refractivity contribution in [2.75, 3.05) is 40.8 Å². The molecule has 0 radical (unpaired) electrons. The van der Waals surface area contributed by atoms with Crippen LogP contribution in [0.1, 0.15) is 24.4 Å². The highest BCUT2D eigenvalue weighted by Gasteiger charge is 2.23. The molecule has 1 aromatic carbocycles. The Morgan fingerprint density at radius 2 is 2.14 bits per heavy atom. The van der Waals surface area contributed by atoms with Gasteiger partial charge in [-0.2, -0.15) is 0 Å². The topological polar surface area (TPSA) is 48.9 Å². The summed E-state index contributed by atoms with van der Waals surface area (Å²) >= 11 is 0. The van der Waals surface area contributed by atoms with Gasteiger partial charge in [0.25, 0.3) is 0 Å². The second kappa shape index (κ2) is 7.88. The third-order valence-electron chi connectivity index (χ3n) is 3.98. The van der Waals surface area contributed by atoms with Crippen molar-refractivity contribution < 1.29 is 4.74 Å². The number of rotatable bonds is 5. The summed E-state index contributed by atoms with van der Waals surface area (Å²) in [4.78, 5) is 6.72. The van der Waals surface area contributed by atoms with E-state index in [2.05, 4.69) is 38.7 Å². The van der Waals surface area contributed by atoms with Gasteiger partial charge in [-0.05, 0) is 43.6 Å². The van der Waals surface area contributed by atoms with Gasteiger partial charge in [0.1, 0.15) is 5.75 Å². The number of guanidine groups is 1. The molecule has 1 unspecified atom stereocenters. The third kappa shape index (κ3) is 4.11. The number of nitrogens with one attached hydrogen (secondary N) is 2. The number of hydrogen-bond donors (Lipinski definition) is 2. The first-order valence-electron chi connectivity index (χ1n) is 7.55. The summed E-state index contributed by atoms with van der Waals surface area (Å²) in [5.41, 5.74) is 1.29. The highest BCUT2D eigenvalue weighted by molar-refractivity contribution is 5.79. The maximum absolute atomic E-state index is 5.36. The van der Waals surface area contributed by atoms with E-state index in [0.717, 1.165) is 31.3 Å². The molecular formula is C16H26N4O. The van der Waals surface area contributed by atoms with Crippen LogP contribution in [0.2, 0.25) is 0 Å². The molecule has 2 rings (SSSR count). The fourth-order valence-electron chi connectivity index (χ4n) is 2.83. The van der Waals surface area contributed by atoms with Gasteiger partial charge in [-0.1, -0.05) is 12.1 Å². The summed E-state index contributed by atoms with van der Waals surface area (Å²) in [6.07, 6.45) is 2.56. The van der Waals surface area contributed by atoms with Crippen molar-refractivity contribution in [1.82, 2.24) is 15.5 Å². The fraction of sp³-hybridized carbons (Fsp3) is 0.562. The molecule has 1 heterocycles. The van der Waals surface area contributed by atoms with E-state index < -0.39 is 0 Å². The van der Waals surface area contributed by atoms with Crippen LogP contribution in [-0.4, -0.2) is 51.7 Å². The van der Waals surface area contributed by atoms with Crippen molar-refractivity contribution in [1.29, 1.82) is 0 Å². The second-order valence-corrected chi connectivity index (χ2v) is 5.24. The molecule has 0 amide bonds. The van der Waals surface area contributed by atoms with Gasteiger partial charge < -0.3 is 15.4 Å². The van der Waals surface area contributed by atoms with Gasteiger partial charge in [-0.25, -0.2) is 0 Å². The van der Waals surface area contributed by atoms with E-state index >= 15 is 0 Å². The predicted octanol–water partition coefficient (Wildman–Crippen LogP) is 1.63. The van der Waals surface area contributed by atoms with E-state index in [1.807, 2.05) is 13.1 Å². The van der Waals surface area contributed by atoms with Gasteiger partial charge in [0, 0.05) is 20.6 Å². The molecule has 5 heteroatoms. The molecule has 5 nitrogen and oxygen atoms in total. The van der Waals surface area contributed by atoms with Gasteiger partial charge in [0.05, 0.1) is 13.2 Å². The standard InChI is InChI=1S/C16H26N4O/c1-17-16(18-2)19-12-15(20-9-4-5-10-20)13-7-6-8-14(11-13)21-3/h6-8,11,15H,4-5,9-10,12H2,1-3H3,(H2,17,18,19). The van der Waals surface area contributed by atoms with Gasteiger partial charge in [-0.3, -0.25) is 9.89 Å². The maximum atomic E-state index is 5.36. The Kier molecular flexibility index (Phi) is 5.87. The molecule has 0 aliphatic carbocycles. The smallest absolute Gasteiger partial charge is 0.190 e. The quantitative estimate of drug-likeness (QED) is 0.639. The summed E-state index contributed by atoms with van der Waals surface area (Å²) in [5.74, 6) is 1.73. The molecule has 1 saturated heterocycles. The highest BCUT2D eigenvalue weighted by Crippen LogP contribution is 2.27. The Bertz CT molecular complexity index is 469. The van der Waals surface area contributed by atoms with Gasteiger partial charge in [0.15, 0.2) is 5.96 Å². The zero-order valence-corrected chi connectivity index (χ0v) is 13.2. The fourth-order valence-corrected chi connectivity index (χ4v) is 2.83. The van der Waals surface area contributed by atoms with Crippen LogP contribution >= 0.6 is 0 Å². The molecule has 1 atom stereocenters.